The van der Waals surface area contributed by atoms with Crippen molar-refractivity contribution >= 4 is 6.29 Å². The maximum atomic E-state index is 9.80. The van der Waals surface area contributed by atoms with Gasteiger partial charge in [0.25, 0.3) is 0 Å². The van der Waals surface area contributed by atoms with Gasteiger partial charge in [-0.2, -0.15) is 5.10 Å². The van der Waals surface area contributed by atoms with Crippen molar-refractivity contribution in [2.45, 2.75) is 0 Å². The fraction of sp³-hybridized carbons (Fsp3) is 0. The predicted octanol–water partition coefficient (Wildman–Crippen LogP) is 0.375. The summed E-state index contributed by atoms with van der Waals surface area (Å²) in [5.74, 6) is 0. The minimum atomic E-state index is 0. The number of nitrogens with one attached hydrogen (secondary N) is 1. The molecular formula is C4H5FN2O. The second kappa shape index (κ2) is 2.90. The maximum absolute atomic E-state index is 9.80. The van der Waals surface area contributed by atoms with Crippen LogP contribution < -0.4 is 0 Å². The average Bonchev–Trinajstić information content (AvgIpc) is 2.14. The Morgan fingerprint density at radius 1 is 1.75 bits per heavy atom. The summed E-state index contributed by atoms with van der Waals surface area (Å²) in [6.45, 7) is 0. The molecule has 1 rings (SSSR count). The number of H-pyrrole nitrogens is 1. The van der Waals surface area contributed by atoms with Crippen molar-refractivity contribution in [2.24, 2.45) is 0 Å². The van der Waals surface area contributed by atoms with Crippen molar-refractivity contribution in [1.29, 1.82) is 0 Å². The Morgan fingerprint density at radius 2 is 2.50 bits per heavy atom. The Morgan fingerprint density at radius 3 is 2.75 bits per heavy atom. The molecule has 0 bridgehead atoms. The van der Waals surface area contributed by atoms with E-state index in [0.717, 1.165) is 0 Å². The number of aromatic amines is 1. The molecule has 1 N–H and O–H groups in total. The summed E-state index contributed by atoms with van der Waals surface area (Å²) in [6.07, 6.45) is 2.25. The molecule has 1 aromatic rings. The molecule has 0 amide bonds. The van der Waals surface area contributed by atoms with Gasteiger partial charge in [0.15, 0.2) is 6.29 Å². The lowest BCUT2D eigenvalue weighted by molar-refractivity contribution is 0.111. The van der Waals surface area contributed by atoms with E-state index in [1.807, 2.05) is 0 Å². The summed E-state index contributed by atoms with van der Waals surface area (Å²) in [6, 6.07) is 1.60. The number of hydrogen-bond donors (Lipinski definition) is 1. The third-order valence-corrected chi connectivity index (χ3v) is 0.649. The van der Waals surface area contributed by atoms with Crippen molar-refractivity contribution in [3.8, 4) is 0 Å². The molecule has 0 aliphatic heterocycles. The summed E-state index contributed by atoms with van der Waals surface area (Å²) in [5, 5.41) is 6.01. The summed E-state index contributed by atoms with van der Waals surface area (Å²) in [5.41, 5.74) is 0.514. The highest BCUT2D eigenvalue weighted by molar-refractivity contribution is 5.70. The van der Waals surface area contributed by atoms with E-state index in [1.54, 1.807) is 6.07 Å². The van der Waals surface area contributed by atoms with Gasteiger partial charge >= 0.3 is 0 Å². The van der Waals surface area contributed by atoms with Crippen LogP contribution in [-0.2, 0) is 0 Å². The molecule has 0 fully saturated rings. The van der Waals surface area contributed by atoms with Gasteiger partial charge < -0.3 is 0 Å². The van der Waals surface area contributed by atoms with Crippen LogP contribution in [0.1, 0.15) is 10.5 Å². The van der Waals surface area contributed by atoms with E-state index < -0.39 is 0 Å². The first kappa shape index (κ1) is 6.81. The summed E-state index contributed by atoms with van der Waals surface area (Å²) in [7, 11) is 0. The van der Waals surface area contributed by atoms with Crippen LogP contribution in [0.15, 0.2) is 12.3 Å². The predicted molar refractivity (Wildman–Crippen MR) is 26.5 cm³/mol. The fourth-order valence-electron chi connectivity index (χ4n) is 0.332. The standard InChI is InChI=1S/C4H4N2O.FH/c7-3-4-1-2-5-6-4;/h1-3H,(H,5,6);1H. The van der Waals surface area contributed by atoms with Crippen LogP contribution in [0.5, 0.6) is 0 Å². The van der Waals surface area contributed by atoms with Crippen LogP contribution in [0.2, 0.25) is 0 Å². The number of carbonyl (C=O) groups excluding carboxylic acids is 1. The van der Waals surface area contributed by atoms with Gasteiger partial charge in [-0.3, -0.25) is 14.6 Å². The average molecular weight is 116 g/mol. The van der Waals surface area contributed by atoms with Crippen LogP contribution in [0.25, 0.3) is 0 Å². The molecule has 0 unspecified atom stereocenters. The molecule has 0 spiro atoms. The molecule has 0 aliphatic carbocycles. The number of aromatic nitrogens is 2. The highest BCUT2D eigenvalue weighted by Crippen LogP contribution is 1.81. The SMILES string of the molecule is F.O=Cc1ccn[nH]1. The van der Waals surface area contributed by atoms with Gasteiger partial charge in [-0.15, -0.1) is 0 Å². The van der Waals surface area contributed by atoms with Gasteiger partial charge in [-0.1, -0.05) is 0 Å². The summed E-state index contributed by atoms with van der Waals surface area (Å²) < 4.78 is 0. The number of halogens is 1. The summed E-state index contributed by atoms with van der Waals surface area (Å²) >= 11 is 0. The molecule has 3 nitrogen and oxygen atoms in total. The van der Waals surface area contributed by atoms with Crippen molar-refractivity contribution < 1.29 is 9.50 Å². The first-order valence-corrected chi connectivity index (χ1v) is 1.88. The first-order valence-electron chi connectivity index (χ1n) is 1.88. The third-order valence-electron chi connectivity index (χ3n) is 0.649. The Bertz CT molecular complexity index is 149. The van der Waals surface area contributed by atoms with Crippen molar-refractivity contribution in [3.05, 3.63) is 18.0 Å². The Labute approximate surface area is 45.1 Å². The molecule has 4 heteroatoms. The van der Waals surface area contributed by atoms with E-state index in [9.17, 15) is 4.79 Å². The maximum Gasteiger partial charge on any atom is 0.167 e. The van der Waals surface area contributed by atoms with Crippen LogP contribution >= 0.6 is 0 Å². The molecule has 0 aromatic carbocycles. The van der Waals surface area contributed by atoms with Crippen LogP contribution in [0.3, 0.4) is 0 Å². The normalized spacial score (nSPS) is 7.50. The zero-order valence-corrected chi connectivity index (χ0v) is 4.00. The van der Waals surface area contributed by atoms with E-state index in [1.165, 1.54) is 6.20 Å². The molecule has 0 aliphatic rings. The van der Waals surface area contributed by atoms with Gasteiger partial charge in [-0.05, 0) is 6.07 Å². The van der Waals surface area contributed by atoms with Gasteiger partial charge in [0.1, 0.15) is 0 Å². The quantitative estimate of drug-likeness (QED) is 0.539. The van der Waals surface area contributed by atoms with Gasteiger partial charge in [0.2, 0.25) is 0 Å². The molecule has 0 radical (unpaired) electrons. The smallest absolute Gasteiger partial charge is 0.167 e. The number of aldehydes is 1. The minimum Gasteiger partial charge on any atom is -0.296 e. The van der Waals surface area contributed by atoms with E-state index in [0.29, 0.717) is 12.0 Å². The van der Waals surface area contributed by atoms with Gasteiger partial charge in [0.05, 0.1) is 5.69 Å². The number of carbonyl (C=O) groups is 1. The lowest BCUT2D eigenvalue weighted by Crippen LogP contribution is -1.75. The molecular weight excluding hydrogens is 111 g/mol. The van der Waals surface area contributed by atoms with Crippen molar-refractivity contribution in [1.82, 2.24) is 10.2 Å². The Balaban J connectivity index is 0.000000490. The largest absolute Gasteiger partial charge is 0.296 e. The minimum absolute atomic E-state index is 0. The van der Waals surface area contributed by atoms with E-state index >= 15 is 0 Å². The van der Waals surface area contributed by atoms with Gasteiger partial charge in [-0.25, -0.2) is 0 Å². The zero-order chi connectivity index (χ0) is 5.11. The number of hydrogen-bond acceptors (Lipinski definition) is 2. The monoisotopic (exact) mass is 116 g/mol. The lowest BCUT2D eigenvalue weighted by atomic mass is 10.5. The van der Waals surface area contributed by atoms with Crippen LogP contribution in [-0.4, -0.2) is 16.5 Å². The molecule has 1 heterocycles. The van der Waals surface area contributed by atoms with Gasteiger partial charge in [0, 0.05) is 6.20 Å². The fourth-order valence-corrected chi connectivity index (χ4v) is 0.332. The second-order valence-electron chi connectivity index (χ2n) is 1.13. The number of rotatable bonds is 1. The van der Waals surface area contributed by atoms with E-state index in [2.05, 4.69) is 10.2 Å². The second-order valence-corrected chi connectivity index (χ2v) is 1.13. The summed E-state index contributed by atoms with van der Waals surface area (Å²) in [4.78, 5) is 9.80. The number of nitrogens with zero attached hydrogens (tertiary/aromatic N) is 1. The molecule has 44 valence electrons. The lowest BCUT2D eigenvalue weighted by Gasteiger charge is -1.68. The molecule has 1 aromatic heterocycles. The van der Waals surface area contributed by atoms with E-state index in [-0.39, 0.29) is 4.70 Å². The zero-order valence-electron chi connectivity index (χ0n) is 4.00. The van der Waals surface area contributed by atoms with Crippen LogP contribution in [0, 0.1) is 0 Å². The highest BCUT2D eigenvalue weighted by Gasteiger charge is 1.82. The topological polar surface area (TPSA) is 45.8 Å². The Hall–Kier alpha value is -1.19. The molecule has 8 heavy (non-hydrogen) atoms. The first-order chi connectivity index (χ1) is 3.43. The van der Waals surface area contributed by atoms with Crippen molar-refractivity contribution in [2.75, 3.05) is 0 Å². The highest BCUT2D eigenvalue weighted by atomic mass is 19.0. The molecule has 0 atom stereocenters. The van der Waals surface area contributed by atoms with Crippen LogP contribution in [0.4, 0.5) is 4.70 Å². The van der Waals surface area contributed by atoms with Crippen molar-refractivity contribution in [3.63, 3.8) is 0 Å². The third kappa shape index (κ3) is 1.14. The van der Waals surface area contributed by atoms with E-state index in [4.69, 9.17) is 0 Å². The Kier molecular flexibility index (Phi) is 2.47. The molecule has 0 saturated heterocycles. The molecule has 0 saturated carbocycles.